The Morgan fingerprint density at radius 2 is 2.05 bits per heavy atom. The van der Waals surface area contributed by atoms with Crippen molar-refractivity contribution in [3.63, 3.8) is 0 Å². The minimum atomic E-state index is -0.175. The maximum atomic E-state index is 11.9. The average molecular weight is 295 g/mol. The van der Waals surface area contributed by atoms with Crippen molar-refractivity contribution in [3.8, 4) is 0 Å². The van der Waals surface area contributed by atoms with E-state index in [1.807, 2.05) is 0 Å². The fraction of sp³-hybridized carbons (Fsp3) is 0.643. The van der Waals surface area contributed by atoms with Gasteiger partial charge >= 0.3 is 0 Å². The van der Waals surface area contributed by atoms with E-state index in [0.29, 0.717) is 5.69 Å². The van der Waals surface area contributed by atoms with Gasteiger partial charge in [-0.1, -0.05) is 20.8 Å². The maximum absolute atomic E-state index is 11.9. The summed E-state index contributed by atoms with van der Waals surface area (Å²) in [7, 11) is 1.56. The Kier molecular flexibility index (Phi) is 5.90. The number of amides is 2. The zero-order valence-electron chi connectivity index (χ0n) is 13.1. The van der Waals surface area contributed by atoms with Crippen LogP contribution < -0.4 is 16.4 Å². The highest BCUT2D eigenvalue weighted by Crippen LogP contribution is 2.21. The molecule has 1 rings (SSSR count). The van der Waals surface area contributed by atoms with Crippen molar-refractivity contribution < 1.29 is 9.59 Å². The third-order valence-electron chi connectivity index (χ3n) is 2.82. The fourth-order valence-corrected chi connectivity index (χ4v) is 2.05. The molecule has 21 heavy (non-hydrogen) atoms. The Balaban J connectivity index is 2.46. The van der Waals surface area contributed by atoms with Crippen molar-refractivity contribution in [3.05, 3.63) is 12.4 Å². The molecule has 0 saturated carbocycles. The van der Waals surface area contributed by atoms with E-state index < -0.39 is 0 Å². The van der Waals surface area contributed by atoms with Gasteiger partial charge in [-0.25, -0.2) is 0 Å². The number of likely N-dealkylation sites (N-methyl/N-ethyl adjacent to an activating group) is 1. The lowest BCUT2D eigenvalue weighted by atomic mass is 9.87. The van der Waals surface area contributed by atoms with Crippen LogP contribution >= 0.6 is 0 Å². The van der Waals surface area contributed by atoms with Crippen LogP contribution in [0.15, 0.2) is 12.4 Å². The Morgan fingerprint density at radius 1 is 1.38 bits per heavy atom. The number of nitrogens with one attached hydrogen (secondary N) is 2. The van der Waals surface area contributed by atoms with Gasteiger partial charge in [-0.3, -0.25) is 14.3 Å². The molecule has 1 heterocycles. The first kappa shape index (κ1) is 17.2. The van der Waals surface area contributed by atoms with E-state index in [0.717, 1.165) is 6.42 Å². The molecule has 0 fully saturated rings. The van der Waals surface area contributed by atoms with Gasteiger partial charge in [-0.2, -0.15) is 5.10 Å². The quantitative estimate of drug-likeness (QED) is 0.719. The smallest absolute Gasteiger partial charge is 0.241 e. The van der Waals surface area contributed by atoms with Crippen LogP contribution in [0.25, 0.3) is 0 Å². The highest BCUT2D eigenvalue weighted by molar-refractivity contribution is 5.90. The second kappa shape index (κ2) is 7.21. The minimum absolute atomic E-state index is 0.0953. The van der Waals surface area contributed by atoms with Crippen LogP contribution in [0.3, 0.4) is 0 Å². The van der Waals surface area contributed by atoms with Crippen LogP contribution in [0.1, 0.15) is 33.6 Å². The summed E-state index contributed by atoms with van der Waals surface area (Å²) in [5, 5.41) is 9.25. The minimum Gasteiger partial charge on any atom is -0.358 e. The topological polar surface area (TPSA) is 102 Å². The third-order valence-corrected chi connectivity index (χ3v) is 2.82. The van der Waals surface area contributed by atoms with Crippen LogP contribution in [0.4, 0.5) is 5.69 Å². The van der Waals surface area contributed by atoms with Crippen molar-refractivity contribution in [2.24, 2.45) is 11.1 Å². The first-order valence-corrected chi connectivity index (χ1v) is 6.98. The SMILES string of the molecule is CNC(=O)Cn1cc(NC(=O)CC(N)CC(C)(C)C)cn1. The van der Waals surface area contributed by atoms with Crippen LogP contribution in [0.5, 0.6) is 0 Å². The summed E-state index contributed by atoms with van der Waals surface area (Å²) in [4.78, 5) is 23.1. The highest BCUT2D eigenvalue weighted by Gasteiger charge is 2.18. The van der Waals surface area contributed by atoms with Gasteiger partial charge in [0.15, 0.2) is 0 Å². The molecule has 1 unspecified atom stereocenters. The molecule has 0 spiro atoms. The standard InChI is InChI=1S/C14H25N5O2/c1-14(2,3)6-10(15)5-12(20)18-11-7-17-19(8-11)9-13(21)16-4/h7-8,10H,5-6,9,15H2,1-4H3,(H,16,21)(H,18,20). The van der Waals surface area contributed by atoms with E-state index in [1.54, 1.807) is 13.2 Å². The molecule has 0 aliphatic rings. The molecule has 0 bridgehead atoms. The van der Waals surface area contributed by atoms with E-state index >= 15 is 0 Å². The van der Waals surface area contributed by atoms with Crippen molar-refractivity contribution in [2.45, 2.75) is 46.2 Å². The molecule has 1 aromatic heterocycles. The summed E-state index contributed by atoms with van der Waals surface area (Å²) in [5.41, 5.74) is 6.63. The van der Waals surface area contributed by atoms with Crippen molar-refractivity contribution in [2.75, 3.05) is 12.4 Å². The van der Waals surface area contributed by atoms with Crippen LogP contribution in [0.2, 0.25) is 0 Å². The Morgan fingerprint density at radius 3 is 2.62 bits per heavy atom. The van der Waals surface area contributed by atoms with E-state index in [9.17, 15) is 9.59 Å². The van der Waals surface area contributed by atoms with Crippen molar-refractivity contribution >= 4 is 17.5 Å². The molecule has 0 aliphatic heterocycles. The van der Waals surface area contributed by atoms with Gasteiger partial charge in [-0.05, 0) is 11.8 Å². The van der Waals surface area contributed by atoms with Crippen molar-refractivity contribution in [1.29, 1.82) is 0 Å². The number of nitrogens with two attached hydrogens (primary N) is 1. The summed E-state index contributed by atoms with van der Waals surface area (Å²) in [6, 6.07) is -0.175. The fourth-order valence-electron chi connectivity index (χ4n) is 2.05. The highest BCUT2D eigenvalue weighted by atomic mass is 16.2. The van der Waals surface area contributed by atoms with Gasteiger partial charge in [0.1, 0.15) is 6.54 Å². The zero-order chi connectivity index (χ0) is 16.0. The first-order chi connectivity index (χ1) is 9.69. The van der Waals surface area contributed by atoms with E-state index in [2.05, 4.69) is 36.5 Å². The van der Waals surface area contributed by atoms with E-state index in [-0.39, 0.29) is 36.2 Å². The van der Waals surface area contributed by atoms with Gasteiger partial charge in [-0.15, -0.1) is 0 Å². The number of aromatic nitrogens is 2. The largest absolute Gasteiger partial charge is 0.358 e. The molecule has 1 aromatic rings. The molecule has 0 saturated heterocycles. The summed E-state index contributed by atoms with van der Waals surface area (Å²) in [6.07, 6.45) is 4.16. The number of hydrogen-bond donors (Lipinski definition) is 3. The predicted molar refractivity (Wildman–Crippen MR) is 81.6 cm³/mol. The molecule has 1 atom stereocenters. The number of carbonyl (C=O) groups excluding carboxylic acids is 2. The van der Waals surface area contributed by atoms with Crippen LogP contribution in [-0.4, -0.2) is 34.7 Å². The van der Waals surface area contributed by atoms with E-state index in [4.69, 9.17) is 5.73 Å². The number of anilines is 1. The molecular formula is C14H25N5O2. The molecule has 7 heteroatoms. The average Bonchev–Trinajstić information content (AvgIpc) is 2.73. The summed E-state index contributed by atoms with van der Waals surface area (Å²) >= 11 is 0. The normalized spacial score (nSPS) is 12.8. The van der Waals surface area contributed by atoms with E-state index in [1.165, 1.54) is 10.9 Å². The van der Waals surface area contributed by atoms with Crippen LogP contribution in [0, 0.1) is 5.41 Å². The lowest BCUT2D eigenvalue weighted by molar-refractivity contribution is -0.121. The van der Waals surface area contributed by atoms with Gasteiger partial charge in [0, 0.05) is 25.7 Å². The Labute approximate surface area is 125 Å². The molecule has 4 N–H and O–H groups in total. The molecule has 2 amide bonds. The number of nitrogens with zero attached hydrogens (tertiary/aromatic N) is 2. The predicted octanol–water partition coefficient (Wildman–Crippen LogP) is 0.721. The maximum Gasteiger partial charge on any atom is 0.241 e. The first-order valence-electron chi connectivity index (χ1n) is 6.98. The van der Waals surface area contributed by atoms with Gasteiger partial charge in [0.05, 0.1) is 11.9 Å². The number of hydrogen-bond acceptors (Lipinski definition) is 4. The van der Waals surface area contributed by atoms with Gasteiger partial charge in [0.25, 0.3) is 0 Å². The second-order valence-electron chi connectivity index (χ2n) is 6.38. The molecular weight excluding hydrogens is 270 g/mol. The monoisotopic (exact) mass is 295 g/mol. The van der Waals surface area contributed by atoms with Gasteiger partial charge in [0.2, 0.25) is 11.8 Å². The number of carbonyl (C=O) groups is 2. The molecule has 7 nitrogen and oxygen atoms in total. The zero-order valence-corrected chi connectivity index (χ0v) is 13.1. The number of rotatable bonds is 6. The lowest BCUT2D eigenvalue weighted by Gasteiger charge is -2.22. The molecule has 0 aliphatic carbocycles. The Hall–Kier alpha value is -1.89. The molecule has 0 aromatic carbocycles. The summed E-state index contributed by atoms with van der Waals surface area (Å²) in [6.45, 7) is 6.39. The van der Waals surface area contributed by atoms with Crippen molar-refractivity contribution in [1.82, 2.24) is 15.1 Å². The Bertz CT molecular complexity index is 490. The third kappa shape index (κ3) is 6.89. The molecule has 118 valence electrons. The van der Waals surface area contributed by atoms with Gasteiger partial charge < -0.3 is 16.4 Å². The lowest BCUT2D eigenvalue weighted by Crippen LogP contribution is -2.31. The molecule has 0 radical (unpaired) electrons. The van der Waals surface area contributed by atoms with Crippen LogP contribution in [-0.2, 0) is 16.1 Å². The summed E-state index contributed by atoms with van der Waals surface area (Å²) < 4.78 is 1.46. The summed E-state index contributed by atoms with van der Waals surface area (Å²) in [5.74, 6) is -0.297. The second-order valence-corrected chi connectivity index (χ2v) is 6.38.